The van der Waals surface area contributed by atoms with E-state index in [9.17, 15) is 9.18 Å². The number of hydrogen-bond acceptors (Lipinski definition) is 4. The molecule has 1 aromatic rings. The van der Waals surface area contributed by atoms with Crippen LogP contribution in [0.1, 0.15) is 26.2 Å². The van der Waals surface area contributed by atoms with Crippen molar-refractivity contribution in [3.05, 3.63) is 30.1 Å². The number of carbonyl (C=O) groups excluding carboxylic acids is 1. The van der Waals surface area contributed by atoms with Gasteiger partial charge in [0.2, 0.25) is 0 Å². The van der Waals surface area contributed by atoms with Gasteiger partial charge in [0, 0.05) is 13.1 Å². The number of carbonyl (C=O) groups is 1. The summed E-state index contributed by atoms with van der Waals surface area (Å²) >= 11 is 0. The van der Waals surface area contributed by atoms with Gasteiger partial charge in [-0.2, -0.15) is 0 Å². The molecular weight excluding hydrogens is 285 g/mol. The fraction of sp³-hybridized carbons (Fsp3) is 0.588. The second-order valence-electron chi connectivity index (χ2n) is 5.52. The second-order valence-corrected chi connectivity index (χ2v) is 5.52. The lowest BCUT2D eigenvalue weighted by atomic mass is 9.98. The van der Waals surface area contributed by atoms with E-state index in [1.54, 1.807) is 18.2 Å². The van der Waals surface area contributed by atoms with Gasteiger partial charge in [-0.1, -0.05) is 12.1 Å². The molecule has 0 aromatic heterocycles. The maximum atomic E-state index is 13.4. The molecule has 0 bridgehead atoms. The average Bonchev–Trinajstić information content (AvgIpc) is 2.54. The molecule has 1 aliphatic heterocycles. The van der Waals surface area contributed by atoms with E-state index in [0.29, 0.717) is 19.0 Å². The summed E-state index contributed by atoms with van der Waals surface area (Å²) in [5.74, 6) is -0.135. The van der Waals surface area contributed by atoms with Crippen molar-refractivity contribution in [2.45, 2.75) is 26.2 Å². The molecule has 1 atom stereocenters. The van der Waals surface area contributed by atoms with E-state index in [4.69, 9.17) is 9.47 Å². The number of halogens is 1. The fourth-order valence-corrected chi connectivity index (χ4v) is 2.74. The van der Waals surface area contributed by atoms with Gasteiger partial charge in [-0.3, -0.25) is 4.79 Å². The zero-order valence-corrected chi connectivity index (χ0v) is 13.1. The summed E-state index contributed by atoms with van der Waals surface area (Å²) in [5.41, 5.74) is 0. The molecular formula is C17H24FNO3. The molecule has 4 nitrogen and oxygen atoms in total. The number of rotatable bonds is 7. The van der Waals surface area contributed by atoms with Crippen LogP contribution in [-0.2, 0) is 9.53 Å². The Kier molecular flexibility index (Phi) is 6.65. The van der Waals surface area contributed by atoms with Crippen molar-refractivity contribution in [1.29, 1.82) is 0 Å². The quantitative estimate of drug-likeness (QED) is 0.573. The molecule has 5 heteroatoms. The smallest absolute Gasteiger partial charge is 0.310 e. The third-order valence-corrected chi connectivity index (χ3v) is 3.84. The van der Waals surface area contributed by atoms with Crippen LogP contribution in [0.3, 0.4) is 0 Å². The molecule has 2 rings (SSSR count). The minimum absolute atomic E-state index is 0.0128. The SMILES string of the molecule is CCOC(=O)[C@H]1CCCN(CCCOc2ccccc2F)C1. The van der Waals surface area contributed by atoms with Crippen molar-refractivity contribution in [1.82, 2.24) is 4.90 Å². The van der Waals surface area contributed by atoms with Crippen LogP contribution in [0, 0.1) is 11.7 Å². The molecule has 1 fully saturated rings. The van der Waals surface area contributed by atoms with Gasteiger partial charge in [-0.15, -0.1) is 0 Å². The Morgan fingerprint density at radius 3 is 3.00 bits per heavy atom. The van der Waals surface area contributed by atoms with Crippen LogP contribution >= 0.6 is 0 Å². The Labute approximate surface area is 131 Å². The molecule has 1 aliphatic rings. The summed E-state index contributed by atoms with van der Waals surface area (Å²) < 4.78 is 23.9. The van der Waals surface area contributed by atoms with Crippen molar-refractivity contribution in [3.8, 4) is 5.75 Å². The molecule has 1 aromatic carbocycles. The fourth-order valence-electron chi connectivity index (χ4n) is 2.74. The lowest BCUT2D eigenvalue weighted by Gasteiger charge is -2.31. The number of esters is 1. The number of benzene rings is 1. The van der Waals surface area contributed by atoms with Crippen LogP contribution in [0.2, 0.25) is 0 Å². The Balaban J connectivity index is 1.68. The van der Waals surface area contributed by atoms with Crippen molar-refractivity contribution in [3.63, 3.8) is 0 Å². The van der Waals surface area contributed by atoms with Gasteiger partial charge >= 0.3 is 5.97 Å². The zero-order valence-electron chi connectivity index (χ0n) is 13.1. The average molecular weight is 309 g/mol. The molecule has 0 radical (unpaired) electrons. The molecule has 122 valence electrons. The summed E-state index contributed by atoms with van der Waals surface area (Å²) in [5, 5.41) is 0. The highest BCUT2D eigenvalue weighted by Gasteiger charge is 2.26. The van der Waals surface area contributed by atoms with E-state index in [1.165, 1.54) is 6.07 Å². The van der Waals surface area contributed by atoms with Crippen LogP contribution in [0.25, 0.3) is 0 Å². The standard InChI is InChI=1S/C17H24FNO3/c1-2-21-17(20)14-7-5-10-19(13-14)11-6-12-22-16-9-4-3-8-15(16)18/h3-4,8-9,14H,2,5-7,10-13H2,1H3/t14-/m0/s1. The third-order valence-electron chi connectivity index (χ3n) is 3.84. The van der Waals surface area contributed by atoms with Gasteiger partial charge < -0.3 is 14.4 Å². The molecule has 1 saturated heterocycles. The summed E-state index contributed by atoms with van der Waals surface area (Å²) in [6.07, 6.45) is 2.72. The van der Waals surface area contributed by atoms with Gasteiger partial charge in [0.1, 0.15) is 0 Å². The molecule has 22 heavy (non-hydrogen) atoms. The molecule has 0 N–H and O–H groups in total. The number of para-hydroxylation sites is 1. The van der Waals surface area contributed by atoms with Crippen LogP contribution in [-0.4, -0.2) is 43.7 Å². The van der Waals surface area contributed by atoms with E-state index in [2.05, 4.69) is 4.90 Å². The Hall–Kier alpha value is -1.62. The highest BCUT2D eigenvalue weighted by atomic mass is 19.1. The molecule has 1 heterocycles. The number of nitrogens with zero attached hydrogens (tertiary/aromatic N) is 1. The lowest BCUT2D eigenvalue weighted by molar-refractivity contribution is -0.149. The van der Waals surface area contributed by atoms with Crippen LogP contribution in [0.15, 0.2) is 24.3 Å². The first-order valence-corrected chi connectivity index (χ1v) is 7.97. The van der Waals surface area contributed by atoms with E-state index < -0.39 is 0 Å². The van der Waals surface area contributed by atoms with Crippen LogP contribution in [0.5, 0.6) is 5.75 Å². The zero-order chi connectivity index (χ0) is 15.8. The van der Waals surface area contributed by atoms with E-state index in [-0.39, 0.29) is 17.7 Å². The van der Waals surface area contributed by atoms with E-state index >= 15 is 0 Å². The molecule has 0 unspecified atom stereocenters. The van der Waals surface area contributed by atoms with Gasteiger partial charge in [0.15, 0.2) is 11.6 Å². The first-order chi connectivity index (χ1) is 10.7. The number of likely N-dealkylation sites (tertiary alicyclic amines) is 1. The number of ether oxygens (including phenoxy) is 2. The van der Waals surface area contributed by atoms with Crippen molar-refractivity contribution in [2.24, 2.45) is 5.92 Å². The summed E-state index contributed by atoms with van der Waals surface area (Å²) in [6.45, 7) is 5.34. The van der Waals surface area contributed by atoms with E-state index in [0.717, 1.165) is 38.9 Å². The number of piperidine rings is 1. The van der Waals surface area contributed by atoms with Gasteiger partial charge in [-0.05, 0) is 44.9 Å². The monoisotopic (exact) mass is 309 g/mol. The summed E-state index contributed by atoms with van der Waals surface area (Å²) in [4.78, 5) is 14.0. The van der Waals surface area contributed by atoms with Crippen molar-refractivity contribution in [2.75, 3.05) is 32.8 Å². The minimum atomic E-state index is -0.331. The summed E-state index contributed by atoms with van der Waals surface area (Å²) in [6, 6.07) is 6.43. The normalized spacial score (nSPS) is 18.9. The maximum Gasteiger partial charge on any atom is 0.310 e. The van der Waals surface area contributed by atoms with Crippen molar-refractivity contribution >= 4 is 5.97 Å². The molecule has 0 amide bonds. The van der Waals surface area contributed by atoms with Gasteiger partial charge in [-0.25, -0.2) is 4.39 Å². The first-order valence-electron chi connectivity index (χ1n) is 7.97. The Morgan fingerprint density at radius 1 is 1.41 bits per heavy atom. The predicted molar refractivity (Wildman–Crippen MR) is 82.3 cm³/mol. The van der Waals surface area contributed by atoms with Gasteiger partial charge in [0.25, 0.3) is 0 Å². The maximum absolute atomic E-state index is 13.4. The molecule has 0 spiro atoms. The predicted octanol–water partition coefficient (Wildman–Crippen LogP) is 2.87. The lowest BCUT2D eigenvalue weighted by Crippen LogP contribution is -2.40. The first kappa shape index (κ1) is 16.7. The van der Waals surface area contributed by atoms with Gasteiger partial charge in [0.05, 0.1) is 19.1 Å². The van der Waals surface area contributed by atoms with Crippen LogP contribution in [0.4, 0.5) is 4.39 Å². The van der Waals surface area contributed by atoms with E-state index in [1.807, 2.05) is 6.92 Å². The van der Waals surface area contributed by atoms with Crippen LogP contribution < -0.4 is 4.74 Å². The molecule has 0 saturated carbocycles. The Morgan fingerprint density at radius 2 is 2.23 bits per heavy atom. The molecule has 0 aliphatic carbocycles. The highest BCUT2D eigenvalue weighted by Crippen LogP contribution is 2.19. The Bertz CT molecular complexity index is 481. The summed E-state index contributed by atoms with van der Waals surface area (Å²) in [7, 11) is 0. The minimum Gasteiger partial charge on any atom is -0.490 e. The van der Waals surface area contributed by atoms with Crippen molar-refractivity contribution < 1.29 is 18.7 Å². The largest absolute Gasteiger partial charge is 0.490 e. The third kappa shape index (κ3) is 4.98. The highest BCUT2D eigenvalue weighted by molar-refractivity contribution is 5.72. The topological polar surface area (TPSA) is 38.8 Å². The second kappa shape index (κ2) is 8.73. The number of hydrogen-bond donors (Lipinski definition) is 0.